The summed E-state index contributed by atoms with van der Waals surface area (Å²) in [6, 6.07) is 9.42. The molecule has 0 saturated heterocycles. The van der Waals surface area contributed by atoms with Gasteiger partial charge in [-0.05, 0) is 49.8 Å². The normalized spacial score (nSPS) is 17.4. The van der Waals surface area contributed by atoms with Crippen LogP contribution in [0.1, 0.15) is 49.8 Å². The maximum absolute atomic E-state index is 3.74. The summed E-state index contributed by atoms with van der Waals surface area (Å²) in [7, 11) is 0. The monoisotopic (exact) mass is 217 g/mol. The van der Waals surface area contributed by atoms with E-state index < -0.39 is 0 Å². The van der Waals surface area contributed by atoms with E-state index in [4.69, 9.17) is 0 Å². The summed E-state index contributed by atoms with van der Waals surface area (Å²) in [4.78, 5) is 0. The van der Waals surface area contributed by atoms with E-state index >= 15 is 0 Å². The first-order valence-electron chi connectivity index (χ1n) is 6.62. The molecule has 0 aromatic heterocycles. The van der Waals surface area contributed by atoms with Crippen molar-refractivity contribution >= 4 is 0 Å². The summed E-state index contributed by atoms with van der Waals surface area (Å²) in [6.07, 6.45) is 5.36. The number of hydrogen-bond donors (Lipinski definition) is 1. The van der Waals surface area contributed by atoms with Crippen LogP contribution in [-0.4, -0.2) is 6.54 Å². The first kappa shape index (κ1) is 11.7. The van der Waals surface area contributed by atoms with Crippen molar-refractivity contribution in [2.24, 2.45) is 5.92 Å². The summed E-state index contributed by atoms with van der Waals surface area (Å²) in [6.45, 7) is 5.64. The smallest absolute Gasteiger partial charge is 0.0351 e. The fourth-order valence-electron chi connectivity index (χ4n) is 2.33. The number of nitrogens with one attached hydrogen (secondary N) is 1. The van der Waals surface area contributed by atoms with Gasteiger partial charge in [0, 0.05) is 6.04 Å². The molecule has 1 aliphatic carbocycles. The Kier molecular flexibility index (Phi) is 4.00. The van der Waals surface area contributed by atoms with Crippen LogP contribution in [0.4, 0.5) is 0 Å². The van der Waals surface area contributed by atoms with Crippen LogP contribution in [0.15, 0.2) is 24.3 Å². The van der Waals surface area contributed by atoms with Gasteiger partial charge in [0.05, 0.1) is 0 Å². The Morgan fingerprint density at radius 1 is 1.31 bits per heavy atom. The number of rotatable bonds is 6. The van der Waals surface area contributed by atoms with E-state index in [1.54, 1.807) is 0 Å². The highest BCUT2D eigenvalue weighted by Gasteiger charge is 2.32. The van der Waals surface area contributed by atoms with Crippen molar-refractivity contribution in [3.8, 4) is 0 Å². The maximum atomic E-state index is 3.74. The average molecular weight is 217 g/mol. The highest BCUT2D eigenvalue weighted by atomic mass is 14.9. The molecule has 1 aromatic rings. The van der Waals surface area contributed by atoms with Crippen LogP contribution in [0.25, 0.3) is 0 Å². The lowest BCUT2D eigenvalue weighted by Crippen LogP contribution is -2.24. The number of aryl methyl sites for hydroxylation is 1. The SMILES string of the molecule is CCCCNC(c1ccccc1C)C1CC1. The number of benzene rings is 1. The minimum absolute atomic E-state index is 0.604. The largest absolute Gasteiger partial charge is 0.310 e. The van der Waals surface area contributed by atoms with Crippen LogP contribution in [0.2, 0.25) is 0 Å². The van der Waals surface area contributed by atoms with Crippen LogP contribution >= 0.6 is 0 Å². The lowest BCUT2D eigenvalue weighted by Gasteiger charge is -2.20. The minimum atomic E-state index is 0.604. The quantitative estimate of drug-likeness (QED) is 0.714. The van der Waals surface area contributed by atoms with E-state index in [2.05, 4.69) is 43.4 Å². The van der Waals surface area contributed by atoms with Crippen LogP contribution in [-0.2, 0) is 0 Å². The summed E-state index contributed by atoms with van der Waals surface area (Å²) < 4.78 is 0. The van der Waals surface area contributed by atoms with Gasteiger partial charge in [-0.1, -0.05) is 37.6 Å². The first-order valence-corrected chi connectivity index (χ1v) is 6.62. The predicted octanol–water partition coefficient (Wildman–Crippen LogP) is 3.84. The zero-order valence-electron chi connectivity index (χ0n) is 10.5. The fourth-order valence-corrected chi connectivity index (χ4v) is 2.33. The second-order valence-electron chi connectivity index (χ2n) is 4.98. The Morgan fingerprint density at radius 3 is 2.69 bits per heavy atom. The van der Waals surface area contributed by atoms with Crippen molar-refractivity contribution in [1.82, 2.24) is 5.32 Å². The Hall–Kier alpha value is -0.820. The van der Waals surface area contributed by atoms with Gasteiger partial charge in [-0.15, -0.1) is 0 Å². The summed E-state index contributed by atoms with van der Waals surface area (Å²) >= 11 is 0. The van der Waals surface area contributed by atoms with Gasteiger partial charge >= 0.3 is 0 Å². The molecule has 1 saturated carbocycles. The third kappa shape index (κ3) is 2.85. The van der Waals surface area contributed by atoms with Crippen molar-refractivity contribution in [2.75, 3.05) is 6.54 Å². The molecule has 0 radical (unpaired) electrons. The molecule has 1 nitrogen and oxygen atoms in total. The number of hydrogen-bond acceptors (Lipinski definition) is 1. The molecule has 0 bridgehead atoms. The molecule has 88 valence electrons. The van der Waals surface area contributed by atoms with Crippen LogP contribution in [0.3, 0.4) is 0 Å². The van der Waals surface area contributed by atoms with Crippen LogP contribution in [0, 0.1) is 12.8 Å². The zero-order chi connectivity index (χ0) is 11.4. The van der Waals surface area contributed by atoms with E-state index in [1.807, 2.05) is 0 Å². The fraction of sp³-hybridized carbons (Fsp3) is 0.600. The molecule has 1 fully saturated rings. The Labute approximate surface area is 99.3 Å². The van der Waals surface area contributed by atoms with Gasteiger partial charge in [0.1, 0.15) is 0 Å². The van der Waals surface area contributed by atoms with Gasteiger partial charge in [-0.3, -0.25) is 0 Å². The second kappa shape index (κ2) is 5.49. The predicted molar refractivity (Wildman–Crippen MR) is 69.6 cm³/mol. The van der Waals surface area contributed by atoms with Gasteiger partial charge in [-0.2, -0.15) is 0 Å². The molecular weight excluding hydrogens is 194 g/mol. The molecule has 0 heterocycles. The highest BCUT2D eigenvalue weighted by Crippen LogP contribution is 2.41. The molecule has 0 amide bonds. The maximum Gasteiger partial charge on any atom is 0.0351 e. The molecule has 1 aromatic carbocycles. The topological polar surface area (TPSA) is 12.0 Å². The van der Waals surface area contributed by atoms with E-state index in [1.165, 1.54) is 36.8 Å². The van der Waals surface area contributed by atoms with Crippen molar-refractivity contribution in [3.63, 3.8) is 0 Å². The van der Waals surface area contributed by atoms with Gasteiger partial charge in [-0.25, -0.2) is 0 Å². The van der Waals surface area contributed by atoms with Gasteiger partial charge in [0.2, 0.25) is 0 Å². The van der Waals surface area contributed by atoms with Crippen LogP contribution < -0.4 is 5.32 Å². The Bertz CT molecular complexity index is 328. The van der Waals surface area contributed by atoms with E-state index in [-0.39, 0.29) is 0 Å². The molecule has 1 unspecified atom stereocenters. The molecule has 1 N–H and O–H groups in total. The average Bonchev–Trinajstić information content (AvgIpc) is 3.10. The van der Waals surface area contributed by atoms with Gasteiger partial charge < -0.3 is 5.32 Å². The van der Waals surface area contributed by atoms with Crippen molar-refractivity contribution < 1.29 is 0 Å². The standard InChI is InChI=1S/C15H23N/c1-3-4-11-16-15(13-9-10-13)14-8-6-5-7-12(14)2/h5-8,13,15-16H,3-4,9-11H2,1-2H3. The number of unbranched alkanes of at least 4 members (excludes halogenated alkanes) is 1. The molecule has 1 heteroatoms. The van der Waals surface area contributed by atoms with Crippen molar-refractivity contribution in [1.29, 1.82) is 0 Å². The molecule has 16 heavy (non-hydrogen) atoms. The van der Waals surface area contributed by atoms with Crippen LogP contribution in [0.5, 0.6) is 0 Å². The molecule has 0 spiro atoms. The van der Waals surface area contributed by atoms with E-state index in [9.17, 15) is 0 Å². The second-order valence-corrected chi connectivity index (χ2v) is 4.98. The Balaban J connectivity index is 2.04. The molecule has 0 aliphatic heterocycles. The molecule has 1 aliphatic rings. The summed E-state index contributed by atoms with van der Waals surface area (Å²) in [5.41, 5.74) is 2.95. The van der Waals surface area contributed by atoms with Crippen molar-refractivity contribution in [2.45, 2.75) is 45.6 Å². The first-order chi connectivity index (χ1) is 7.83. The summed E-state index contributed by atoms with van der Waals surface area (Å²) in [5.74, 6) is 0.887. The summed E-state index contributed by atoms with van der Waals surface area (Å²) in [5, 5.41) is 3.74. The minimum Gasteiger partial charge on any atom is -0.310 e. The van der Waals surface area contributed by atoms with E-state index in [0.717, 1.165) is 12.5 Å². The Morgan fingerprint density at radius 2 is 2.06 bits per heavy atom. The lowest BCUT2D eigenvalue weighted by molar-refractivity contribution is 0.472. The zero-order valence-corrected chi connectivity index (χ0v) is 10.5. The third-order valence-electron chi connectivity index (χ3n) is 3.51. The molecule has 1 atom stereocenters. The van der Waals surface area contributed by atoms with Crippen molar-refractivity contribution in [3.05, 3.63) is 35.4 Å². The highest BCUT2D eigenvalue weighted by molar-refractivity contribution is 5.30. The third-order valence-corrected chi connectivity index (χ3v) is 3.51. The van der Waals surface area contributed by atoms with E-state index in [0.29, 0.717) is 6.04 Å². The molecular formula is C15H23N. The lowest BCUT2D eigenvalue weighted by atomic mass is 9.97. The van der Waals surface area contributed by atoms with Gasteiger partial charge in [0.25, 0.3) is 0 Å². The molecule has 2 rings (SSSR count). The van der Waals surface area contributed by atoms with Gasteiger partial charge in [0.15, 0.2) is 0 Å².